The molecule has 49 heavy (non-hydrogen) atoms. The molecule has 0 fully saturated rings. The van der Waals surface area contributed by atoms with Gasteiger partial charge in [-0.25, -0.2) is 0 Å². The lowest BCUT2D eigenvalue weighted by molar-refractivity contribution is -0.116. The van der Waals surface area contributed by atoms with Crippen molar-refractivity contribution in [2.24, 2.45) is 11.3 Å². The van der Waals surface area contributed by atoms with Gasteiger partial charge in [-0.05, 0) is 96.7 Å². The lowest BCUT2D eigenvalue weighted by atomic mass is 9.72. The SMILES string of the molecule is CCC(Sc1cccc(NC(=O)/C(=C\c2cccc(Br)c2)NC(=O)c2ccccc2)c1)C(=O)Nc1sc2c(c1C#N)CCC(C(C)(C)C)C2. The number of amides is 3. The van der Waals surface area contributed by atoms with Crippen LogP contribution in [0.3, 0.4) is 0 Å². The average Bonchev–Trinajstić information content (AvgIpc) is 3.43. The molecule has 2 unspecified atom stereocenters. The molecular weight excluding hydrogens is 716 g/mol. The van der Waals surface area contributed by atoms with Crippen molar-refractivity contribution in [1.82, 2.24) is 5.32 Å². The van der Waals surface area contributed by atoms with Crippen molar-refractivity contribution in [1.29, 1.82) is 5.26 Å². The average molecular weight is 756 g/mol. The molecule has 0 radical (unpaired) electrons. The monoisotopic (exact) mass is 754 g/mol. The molecule has 0 bridgehead atoms. The van der Waals surface area contributed by atoms with E-state index in [0.717, 1.165) is 39.8 Å². The number of nitriles is 1. The maximum Gasteiger partial charge on any atom is 0.272 e. The number of anilines is 2. The van der Waals surface area contributed by atoms with Crippen LogP contribution in [0.2, 0.25) is 0 Å². The van der Waals surface area contributed by atoms with Gasteiger partial charge in [0.25, 0.3) is 11.8 Å². The summed E-state index contributed by atoms with van der Waals surface area (Å²) in [7, 11) is 0. The van der Waals surface area contributed by atoms with Gasteiger partial charge in [0.15, 0.2) is 0 Å². The normalized spacial score (nSPS) is 15.0. The summed E-state index contributed by atoms with van der Waals surface area (Å²) in [5, 5.41) is 19.0. The quantitative estimate of drug-likeness (QED) is 0.110. The van der Waals surface area contributed by atoms with E-state index in [9.17, 15) is 19.6 Å². The number of rotatable bonds is 10. The molecule has 0 saturated carbocycles. The number of fused-ring (bicyclic) bond motifs is 1. The Bertz CT molecular complexity index is 1920. The molecule has 1 aliphatic carbocycles. The van der Waals surface area contributed by atoms with Crippen LogP contribution in [-0.4, -0.2) is 23.0 Å². The molecule has 4 aromatic rings. The summed E-state index contributed by atoms with van der Waals surface area (Å²) >= 11 is 6.39. The predicted octanol–water partition coefficient (Wildman–Crippen LogP) is 9.45. The molecule has 10 heteroatoms. The van der Waals surface area contributed by atoms with Crippen molar-refractivity contribution < 1.29 is 14.4 Å². The molecule has 1 aliphatic rings. The smallest absolute Gasteiger partial charge is 0.272 e. The van der Waals surface area contributed by atoms with Crippen LogP contribution in [0.4, 0.5) is 10.7 Å². The minimum absolute atomic E-state index is 0.0802. The van der Waals surface area contributed by atoms with Gasteiger partial charge >= 0.3 is 0 Å². The minimum atomic E-state index is -0.490. The lowest BCUT2D eigenvalue weighted by Crippen LogP contribution is -2.30. The van der Waals surface area contributed by atoms with Gasteiger partial charge < -0.3 is 16.0 Å². The summed E-state index contributed by atoms with van der Waals surface area (Å²) in [6.07, 6.45) is 5.01. The van der Waals surface area contributed by atoms with Crippen molar-refractivity contribution in [3.63, 3.8) is 0 Å². The first-order chi connectivity index (χ1) is 23.4. The van der Waals surface area contributed by atoms with Crippen molar-refractivity contribution in [3.8, 4) is 6.07 Å². The van der Waals surface area contributed by atoms with Gasteiger partial charge in [0, 0.05) is 25.5 Å². The van der Waals surface area contributed by atoms with Crippen LogP contribution >= 0.6 is 39.0 Å². The second-order valence-corrected chi connectivity index (χ2v) is 16.3. The van der Waals surface area contributed by atoms with Crippen LogP contribution < -0.4 is 16.0 Å². The highest BCUT2D eigenvalue weighted by Gasteiger charge is 2.33. The van der Waals surface area contributed by atoms with Gasteiger partial charge in [0.05, 0.1) is 10.8 Å². The van der Waals surface area contributed by atoms with Crippen molar-refractivity contribution in [2.45, 2.75) is 63.5 Å². The molecule has 252 valence electrons. The summed E-state index contributed by atoms with van der Waals surface area (Å²) in [5.41, 5.74) is 3.62. The van der Waals surface area contributed by atoms with E-state index in [1.165, 1.54) is 28.0 Å². The van der Waals surface area contributed by atoms with Crippen LogP contribution in [0.1, 0.15) is 72.5 Å². The molecule has 2 atom stereocenters. The second-order valence-electron chi connectivity index (χ2n) is 13.0. The molecule has 5 rings (SSSR count). The fourth-order valence-corrected chi connectivity index (χ4v) is 8.47. The summed E-state index contributed by atoms with van der Waals surface area (Å²) in [6.45, 7) is 8.74. The molecule has 3 amide bonds. The van der Waals surface area contributed by atoms with E-state index < -0.39 is 17.1 Å². The van der Waals surface area contributed by atoms with Crippen molar-refractivity contribution >= 4 is 73.5 Å². The Morgan fingerprint density at radius 2 is 1.80 bits per heavy atom. The molecule has 0 aliphatic heterocycles. The lowest BCUT2D eigenvalue weighted by Gasteiger charge is -2.33. The Labute approximate surface area is 304 Å². The minimum Gasteiger partial charge on any atom is -0.321 e. The zero-order valence-electron chi connectivity index (χ0n) is 27.9. The van der Waals surface area contributed by atoms with Gasteiger partial charge in [-0.1, -0.05) is 80.0 Å². The van der Waals surface area contributed by atoms with E-state index in [2.05, 4.69) is 58.7 Å². The fourth-order valence-electron chi connectivity index (χ4n) is 5.76. The molecule has 7 nitrogen and oxygen atoms in total. The third-order valence-corrected chi connectivity index (χ3v) is 11.6. The molecule has 0 saturated heterocycles. The molecular formula is C39H39BrN4O3S2. The first-order valence-corrected chi connectivity index (χ1v) is 18.7. The van der Waals surface area contributed by atoms with Crippen LogP contribution in [0.15, 0.2) is 93.9 Å². The Morgan fingerprint density at radius 3 is 2.49 bits per heavy atom. The zero-order chi connectivity index (χ0) is 35.1. The largest absolute Gasteiger partial charge is 0.321 e. The van der Waals surface area contributed by atoms with E-state index in [1.807, 2.05) is 55.5 Å². The van der Waals surface area contributed by atoms with Crippen molar-refractivity contribution in [2.75, 3.05) is 10.6 Å². The van der Waals surface area contributed by atoms with Gasteiger partial charge in [-0.2, -0.15) is 5.26 Å². The first kappa shape index (κ1) is 36.1. The van der Waals surface area contributed by atoms with E-state index in [4.69, 9.17) is 0 Å². The number of nitrogens with one attached hydrogen (secondary N) is 3. The van der Waals surface area contributed by atoms with Crippen molar-refractivity contribution in [3.05, 3.63) is 116 Å². The fraction of sp³-hybridized carbons (Fsp3) is 0.282. The third-order valence-electron chi connectivity index (χ3n) is 8.56. The van der Waals surface area contributed by atoms with Gasteiger partial charge in [-0.3, -0.25) is 14.4 Å². The Balaban J connectivity index is 1.30. The van der Waals surface area contributed by atoms with Crippen LogP contribution in [-0.2, 0) is 22.4 Å². The Hall–Kier alpha value is -4.17. The third kappa shape index (κ3) is 9.30. The summed E-state index contributed by atoms with van der Waals surface area (Å²) in [6, 6.07) is 25.8. The molecule has 1 aromatic heterocycles. The van der Waals surface area contributed by atoms with E-state index >= 15 is 0 Å². The number of hydrogen-bond acceptors (Lipinski definition) is 6. The molecule has 3 aromatic carbocycles. The van der Waals surface area contributed by atoms with Gasteiger partial charge in [0.1, 0.15) is 16.8 Å². The van der Waals surface area contributed by atoms with Crippen LogP contribution in [0.25, 0.3) is 6.08 Å². The summed E-state index contributed by atoms with van der Waals surface area (Å²) in [4.78, 5) is 42.2. The first-order valence-electron chi connectivity index (χ1n) is 16.2. The Kier molecular flexibility index (Phi) is 11.8. The number of thiophene rings is 1. The number of nitrogens with zero attached hydrogens (tertiary/aromatic N) is 1. The molecule has 0 spiro atoms. The standard InChI is InChI=1S/C39H39BrN4O3S2/c1-5-33(37(47)44-38-31(23-41)30-18-17-26(39(2,3)4)21-34(30)49-38)48-29-16-10-15-28(22-29)42-36(46)32(20-24-11-9-14-27(40)19-24)43-35(45)25-12-7-6-8-13-25/h6-16,19-20,22,26,33H,5,17-18,21H2,1-4H3,(H,42,46)(H,43,45)(H,44,47)/b32-20+. The summed E-state index contributed by atoms with van der Waals surface area (Å²) in [5.74, 6) is -0.520. The van der Waals surface area contributed by atoms with E-state index in [1.54, 1.807) is 36.4 Å². The highest BCUT2D eigenvalue weighted by Crippen LogP contribution is 2.44. The number of hydrogen-bond donors (Lipinski definition) is 3. The second kappa shape index (κ2) is 16.0. The van der Waals surface area contributed by atoms with E-state index in [0.29, 0.717) is 34.2 Å². The molecule has 1 heterocycles. The maximum absolute atomic E-state index is 13.6. The highest BCUT2D eigenvalue weighted by atomic mass is 79.9. The van der Waals surface area contributed by atoms with Crippen LogP contribution in [0, 0.1) is 22.7 Å². The predicted molar refractivity (Wildman–Crippen MR) is 204 cm³/mol. The van der Waals surface area contributed by atoms with Gasteiger partial charge in [-0.15, -0.1) is 23.1 Å². The number of thioether (sulfide) groups is 1. The number of carbonyl (C=O) groups is 3. The topological polar surface area (TPSA) is 111 Å². The number of halogens is 1. The molecule has 3 N–H and O–H groups in total. The highest BCUT2D eigenvalue weighted by molar-refractivity contribution is 9.10. The summed E-state index contributed by atoms with van der Waals surface area (Å²) < 4.78 is 0.839. The number of benzene rings is 3. The van der Waals surface area contributed by atoms with E-state index in [-0.39, 0.29) is 17.0 Å². The number of carbonyl (C=O) groups excluding carboxylic acids is 3. The maximum atomic E-state index is 13.6. The Morgan fingerprint density at radius 1 is 1.04 bits per heavy atom. The van der Waals surface area contributed by atoms with Crippen LogP contribution in [0.5, 0.6) is 0 Å². The van der Waals surface area contributed by atoms with Gasteiger partial charge in [0.2, 0.25) is 5.91 Å². The zero-order valence-corrected chi connectivity index (χ0v) is 31.2.